The Labute approximate surface area is 157 Å². The first kappa shape index (κ1) is 19.7. The number of nitrogens with one attached hydrogen (secondary N) is 1. The first-order valence-corrected chi connectivity index (χ1v) is 8.54. The van der Waals surface area contributed by atoms with E-state index in [9.17, 15) is 5.11 Å². The van der Waals surface area contributed by atoms with Gasteiger partial charge in [-0.3, -0.25) is 0 Å². The van der Waals surface area contributed by atoms with E-state index in [0.717, 1.165) is 0 Å². The highest BCUT2D eigenvalue weighted by Crippen LogP contribution is 2.23. The van der Waals surface area contributed by atoms with Crippen LogP contribution in [0.2, 0.25) is 10.2 Å². The van der Waals surface area contributed by atoms with Crippen LogP contribution in [0.1, 0.15) is 13.8 Å². The Bertz CT molecular complexity index is 668. The molecule has 0 spiro atoms. The number of ether oxygens (including phenoxy) is 2. The highest BCUT2D eigenvalue weighted by molar-refractivity contribution is 6.32. The van der Waals surface area contributed by atoms with Crippen LogP contribution < -0.4 is 14.8 Å². The van der Waals surface area contributed by atoms with Crippen molar-refractivity contribution >= 4 is 23.2 Å². The van der Waals surface area contributed by atoms with Crippen molar-refractivity contribution in [3.8, 4) is 11.6 Å². The molecule has 2 rings (SSSR count). The summed E-state index contributed by atoms with van der Waals surface area (Å²) in [6, 6.07) is 10.4. The second kappa shape index (κ2) is 9.20. The number of nitrogens with zero attached hydrogens (tertiary/aromatic N) is 2. The van der Waals surface area contributed by atoms with Gasteiger partial charge in [0.05, 0.1) is 5.02 Å². The third kappa shape index (κ3) is 7.04. The number of halogens is 2. The summed E-state index contributed by atoms with van der Waals surface area (Å²) in [7, 11) is 0. The number of hydrogen-bond donors (Lipinski definition) is 2. The van der Waals surface area contributed by atoms with Gasteiger partial charge in [-0.25, -0.2) is 0 Å². The zero-order chi connectivity index (χ0) is 18.3. The fourth-order valence-electron chi connectivity index (χ4n) is 1.89. The highest BCUT2D eigenvalue weighted by Gasteiger charge is 2.20. The van der Waals surface area contributed by atoms with Crippen LogP contribution in [0.25, 0.3) is 0 Å². The first-order chi connectivity index (χ1) is 11.9. The van der Waals surface area contributed by atoms with Crippen LogP contribution in [0, 0.1) is 0 Å². The Hall–Kier alpha value is -1.60. The molecular formula is C17H21Cl2N3O3. The minimum atomic E-state index is -0.689. The van der Waals surface area contributed by atoms with Gasteiger partial charge in [-0.2, -0.15) is 0 Å². The molecule has 1 aromatic carbocycles. The van der Waals surface area contributed by atoms with E-state index in [1.165, 1.54) is 0 Å². The zero-order valence-corrected chi connectivity index (χ0v) is 15.6. The van der Waals surface area contributed by atoms with Crippen molar-refractivity contribution < 1.29 is 14.6 Å². The van der Waals surface area contributed by atoms with Crippen LogP contribution in [-0.4, -0.2) is 46.7 Å². The molecule has 1 aromatic heterocycles. The molecule has 25 heavy (non-hydrogen) atoms. The molecule has 2 N–H and O–H groups in total. The van der Waals surface area contributed by atoms with E-state index in [1.54, 1.807) is 24.3 Å². The number of aliphatic hydroxyl groups is 1. The van der Waals surface area contributed by atoms with Crippen LogP contribution in [0.3, 0.4) is 0 Å². The molecule has 0 saturated carbocycles. The van der Waals surface area contributed by atoms with Gasteiger partial charge < -0.3 is 19.9 Å². The maximum atomic E-state index is 10.1. The minimum Gasteiger partial charge on any atom is -0.489 e. The minimum absolute atomic E-state index is 0.135. The van der Waals surface area contributed by atoms with Crippen LogP contribution in [-0.2, 0) is 0 Å². The van der Waals surface area contributed by atoms with Crippen LogP contribution in [0.5, 0.6) is 11.6 Å². The maximum Gasteiger partial charge on any atom is 0.233 e. The molecule has 0 radical (unpaired) electrons. The van der Waals surface area contributed by atoms with Gasteiger partial charge in [0.1, 0.15) is 25.1 Å². The lowest BCUT2D eigenvalue weighted by molar-refractivity contribution is 0.0923. The maximum absolute atomic E-state index is 10.1. The molecule has 1 unspecified atom stereocenters. The summed E-state index contributed by atoms with van der Waals surface area (Å²) in [5.41, 5.74) is -0.382. The quantitative estimate of drug-likeness (QED) is 0.690. The van der Waals surface area contributed by atoms with E-state index in [0.29, 0.717) is 35.0 Å². The zero-order valence-electron chi connectivity index (χ0n) is 14.1. The Kier molecular flexibility index (Phi) is 7.25. The standard InChI is InChI=1S/C17H21Cl2N3O3/c1-17(2,11-25-16-8-7-15(19)21-22-16)20-9-12(23)10-24-14-6-4-3-5-13(14)18/h3-8,12,20,23H,9-11H2,1-2H3. The fourth-order valence-corrected chi connectivity index (χ4v) is 2.18. The third-order valence-corrected chi connectivity index (χ3v) is 3.79. The number of hydrogen-bond acceptors (Lipinski definition) is 6. The van der Waals surface area contributed by atoms with Gasteiger partial charge in [-0.05, 0) is 32.0 Å². The molecule has 1 heterocycles. The molecule has 8 heteroatoms. The smallest absolute Gasteiger partial charge is 0.233 e. The second-order valence-corrected chi connectivity index (χ2v) is 6.94. The number of rotatable bonds is 9. The molecule has 1 atom stereocenters. The topological polar surface area (TPSA) is 76.5 Å². The van der Waals surface area contributed by atoms with Crippen LogP contribution in [0.15, 0.2) is 36.4 Å². The molecule has 0 bridgehead atoms. The SMILES string of the molecule is CC(C)(COc1ccc(Cl)nn1)NCC(O)COc1ccccc1Cl. The third-order valence-electron chi connectivity index (χ3n) is 3.27. The Morgan fingerprint density at radius 1 is 1.12 bits per heavy atom. The lowest BCUT2D eigenvalue weighted by Crippen LogP contribution is -2.48. The summed E-state index contributed by atoms with van der Waals surface area (Å²) in [6.07, 6.45) is -0.689. The summed E-state index contributed by atoms with van der Waals surface area (Å²) < 4.78 is 11.1. The number of benzene rings is 1. The summed E-state index contributed by atoms with van der Waals surface area (Å²) in [4.78, 5) is 0. The van der Waals surface area contributed by atoms with Crippen molar-refractivity contribution in [2.45, 2.75) is 25.5 Å². The molecular weight excluding hydrogens is 365 g/mol. The molecule has 0 aliphatic heterocycles. The second-order valence-electron chi connectivity index (χ2n) is 6.14. The molecule has 0 aliphatic carbocycles. The van der Waals surface area contributed by atoms with Crippen molar-refractivity contribution in [1.29, 1.82) is 0 Å². The monoisotopic (exact) mass is 385 g/mol. The van der Waals surface area contributed by atoms with Gasteiger partial charge in [0.25, 0.3) is 0 Å². The predicted molar refractivity (Wildman–Crippen MR) is 97.6 cm³/mol. The lowest BCUT2D eigenvalue weighted by atomic mass is 10.1. The van der Waals surface area contributed by atoms with Gasteiger partial charge in [-0.1, -0.05) is 35.3 Å². The largest absolute Gasteiger partial charge is 0.489 e. The molecule has 136 valence electrons. The molecule has 2 aromatic rings. The highest BCUT2D eigenvalue weighted by atomic mass is 35.5. The Balaban J connectivity index is 1.72. The summed E-state index contributed by atoms with van der Waals surface area (Å²) in [6.45, 7) is 4.74. The van der Waals surface area contributed by atoms with Gasteiger partial charge in [-0.15, -0.1) is 10.2 Å². The number of aliphatic hydroxyl groups excluding tert-OH is 1. The van der Waals surface area contributed by atoms with Crippen molar-refractivity contribution in [2.24, 2.45) is 0 Å². The van der Waals surface area contributed by atoms with Crippen LogP contribution >= 0.6 is 23.2 Å². The number of para-hydroxylation sites is 1. The summed E-state index contributed by atoms with van der Waals surface area (Å²) in [5.74, 6) is 0.939. The molecule has 0 saturated heterocycles. The van der Waals surface area contributed by atoms with E-state index < -0.39 is 6.10 Å². The normalized spacial score (nSPS) is 12.7. The van der Waals surface area contributed by atoms with Crippen molar-refractivity contribution in [3.63, 3.8) is 0 Å². The summed E-state index contributed by atoms with van der Waals surface area (Å²) in [5, 5.41) is 21.7. The lowest BCUT2D eigenvalue weighted by Gasteiger charge is -2.27. The van der Waals surface area contributed by atoms with Crippen molar-refractivity contribution in [1.82, 2.24) is 15.5 Å². The first-order valence-electron chi connectivity index (χ1n) is 7.78. The van der Waals surface area contributed by atoms with E-state index in [-0.39, 0.29) is 12.1 Å². The van der Waals surface area contributed by atoms with E-state index >= 15 is 0 Å². The number of aromatic nitrogens is 2. The average Bonchev–Trinajstić information content (AvgIpc) is 2.59. The molecule has 6 nitrogen and oxygen atoms in total. The van der Waals surface area contributed by atoms with Gasteiger partial charge in [0.2, 0.25) is 5.88 Å². The van der Waals surface area contributed by atoms with E-state index in [1.807, 2.05) is 26.0 Å². The molecule has 0 amide bonds. The average molecular weight is 386 g/mol. The van der Waals surface area contributed by atoms with E-state index in [2.05, 4.69) is 15.5 Å². The Morgan fingerprint density at radius 2 is 1.88 bits per heavy atom. The number of β-amino-alcohol motifs (C(OH)–C–C–N with tert-alkyl or cyclic N) is 1. The van der Waals surface area contributed by atoms with Gasteiger partial charge >= 0.3 is 0 Å². The molecule has 0 aliphatic rings. The summed E-state index contributed by atoms with van der Waals surface area (Å²) >= 11 is 11.7. The van der Waals surface area contributed by atoms with Gasteiger partial charge in [0.15, 0.2) is 5.15 Å². The fraction of sp³-hybridized carbons (Fsp3) is 0.412. The van der Waals surface area contributed by atoms with Crippen molar-refractivity contribution in [2.75, 3.05) is 19.8 Å². The van der Waals surface area contributed by atoms with Crippen molar-refractivity contribution in [3.05, 3.63) is 46.6 Å². The Morgan fingerprint density at radius 3 is 2.56 bits per heavy atom. The van der Waals surface area contributed by atoms with Gasteiger partial charge in [0, 0.05) is 18.2 Å². The van der Waals surface area contributed by atoms with Crippen LogP contribution in [0.4, 0.5) is 0 Å². The predicted octanol–water partition coefficient (Wildman–Crippen LogP) is 2.97. The van der Waals surface area contributed by atoms with E-state index in [4.69, 9.17) is 32.7 Å². The molecule has 0 fully saturated rings.